The van der Waals surface area contributed by atoms with Gasteiger partial charge in [-0.25, -0.2) is 5.01 Å². The van der Waals surface area contributed by atoms with Gasteiger partial charge >= 0.3 is 5.97 Å². The Morgan fingerprint density at radius 1 is 1.22 bits per heavy atom. The number of rotatable bonds is 6. The first kappa shape index (κ1) is 18.9. The van der Waals surface area contributed by atoms with Crippen LogP contribution in [0, 0.1) is 0 Å². The number of ether oxygens (including phenoxy) is 1. The second-order valence-corrected chi connectivity index (χ2v) is 6.59. The van der Waals surface area contributed by atoms with Crippen molar-refractivity contribution in [1.82, 2.24) is 5.01 Å². The summed E-state index contributed by atoms with van der Waals surface area (Å²) in [5.74, 6) is -0.691. The summed E-state index contributed by atoms with van der Waals surface area (Å²) >= 11 is 6.12. The van der Waals surface area contributed by atoms with Gasteiger partial charge in [0.2, 0.25) is 5.91 Å². The number of hydrogen-bond donors (Lipinski definition) is 1. The van der Waals surface area contributed by atoms with E-state index >= 15 is 0 Å². The number of carboxylic acids is 1. The van der Waals surface area contributed by atoms with E-state index in [0.717, 1.165) is 11.1 Å². The Hall–Kier alpha value is -2.86. The van der Waals surface area contributed by atoms with Gasteiger partial charge in [0, 0.05) is 23.4 Å². The van der Waals surface area contributed by atoms with Crippen molar-refractivity contribution in [2.24, 2.45) is 5.10 Å². The number of benzene rings is 2. The lowest BCUT2D eigenvalue weighted by atomic mass is 9.98. The van der Waals surface area contributed by atoms with Crippen molar-refractivity contribution in [2.75, 3.05) is 7.11 Å². The Labute approximate surface area is 162 Å². The van der Waals surface area contributed by atoms with Crippen LogP contribution in [-0.2, 0) is 9.59 Å². The SMILES string of the molecule is COc1ccccc1C1=NN(C(=O)CCC(=O)O)C(c2cccc(Cl)c2)C1. The van der Waals surface area contributed by atoms with E-state index in [1.807, 2.05) is 36.4 Å². The normalized spacial score (nSPS) is 16.1. The largest absolute Gasteiger partial charge is 0.496 e. The third kappa shape index (κ3) is 4.28. The predicted octanol–water partition coefficient (Wildman–Crippen LogP) is 3.89. The van der Waals surface area contributed by atoms with Gasteiger partial charge < -0.3 is 9.84 Å². The molecule has 0 radical (unpaired) electrons. The number of amides is 1. The van der Waals surface area contributed by atoms with E-state index in [4.69, 9.17) is 21.4 Å². The first-order valence-corrected chi connectivity index (χ1v) is 8.87. The summed E-state index contributed by atoms with van der Waals surface area (Å²) in [5.41, 5.74) is 2.36. The molecule has 3 rings (SSSR count). The minimum atomic E-state index is -1.02. The van der Waals surface area contributed by atoms with E-state index in [1.54, 1.807) is 19.2 Å². The number of nitrogens with zero attached hydrogens (tertiary/aromatic N) is 2. The molecule has 0 fully saturated rings. The zero-order valence-electron chi connectivity index (χ0n) is 14.8. The molecule has 0 aliphatic carbocycles. The molecule has 1 N–H and O–H groups in total. The second kappa shape index (κ2) is 8.22. The minimum absolute atomic E-state index is 0.116. The smallest absolute Gasteiger partial charge is 0.303 e. The standard InChI is InChI=1S/C20H19ClN2O4/c1-27-18-8-3-2-7-15(18)16-12-17(13-5-4-6-14(21)11-13)23(22-16)19(24)9-10-20(25)26/h2-8,11,17H,9-10,12H2,1H3,(H,25,26). The fourth-order valence-electron chi connectivity index (χ4n) is 3.09. The lowest BCUT2D eigenvalue weighted by molar-refractivity contribution is -0.141. The summed E-state index contributed by atoms with van der Waals surface area (Å²) in [4.78, 5) is 23.5. The van der Waals surface area contributed by atoms with Crippen LogP contribution in [-0.4, -0.2) is 34.8 Å². The van der Waals surface area contributed by atoms with E-state index in [-0.39, 0.29) is 24.8 Å². The zero-order valence-corrected chi connectivity index (χ0v) is 15.5. The highest BCUT2D eigenvalue weighted by Crippen LogP contribution is 2.36. The van der Waals surface area contributed by atoms with Gasteiger partial charge in [0.1, 0.15) is 5.75 Å². The molecule has 0 bridgehead atoms. The van der Waals surface area contributed by atoms with Gasteiger partial charge in [0.05, 0.1) is 25.3 Å². The molecule has 1 aliphatic heterocycles. The van der Waals surface area contributed by atoms with E-state index in [2.05, 4.69) is 5.10 Å². The lowest BCUT2D eigenvalue weighted by Crippen LogP contribution is -2.27. The van der Waals surface area contributed by atoms with Crippen LogP contribution in [0.5, 0.6) is 5.75 Å². The Kier molecular flexibility index (Phi) is 5.76. The van der Waals surface area contributed by atoms with E-state index in [9.17, 15) is 9.59 Å². The Bertz CT molecular complexity index is 897. The highest BCUT2D eigenvalue weighted by molar-refractivity contribution is 6.30. The molecular weight excluding hydrogens is 368 g/mol. The van der Waals surface area contributed by atoms with Crippen LogP contribution in [0.2, 0.25) is 5.02 Å². The third-order valence-electron chi connectivity index (χ3n) is 4.37. The van der Waals surface area contributed by atoms with Crippen LogP contribution in [0.3, 0.4) is 0 Å². The molecule has 0 saturated heterocycles. The number of para-hydroxylation sites is 1. The molecule has 2 aromatic carbocycles. The maximum atomic E-state index is 12.6. The predicted molar refractivity (Wildman–Crippen MR) is 102 cm³/mol. The third-order valence-corrected chi connectivity index (χ3v) is 4.61. The summed E-state index contributed by atoms with van der Waals surface area (Å²) in [6.45, 7) is 0. The Morgan fingerprint density at radius 2 is 2.00 bits per heavy atom. The molecule has 1 aliphatic rings. The lowest BCUT2D eigenvalue weighted by Gasteiger charge is -2.22. The summed E-state index contributed by atoms with van der Waals surface area (Å²) < 4.78 is 5.41. The molecule has 1 amide bonds. The number of carbonyl (C=O) groups is 2. The number of aliphatic carboxylic acids is 1. The van der Waals surface area contributed by atoms with Crippen molar-refractivity contribution in [1.29, 1.82) is 0 Å². The molecule has 1 heterocycles. The van der Waals surface area contributed by atoms with Crippen LogP contribution in [0.1, 0.15) is 36.4 Å². The van der Waals surface area contributed by atoms with Crippen molar-refractivity contribution in [3.05, 3.63) is 64.7 Å². The monoisotopic (exact) mass is 386 g/mol. The van der Waals surface area contributed by atoms with Crippen LogP contribution < -0.4 is 4.74 Å². The van der Waals surface area contributed by atoms with Crippen molar-refractivity contribution < 1.29 is 19.4 Å². The van der Waals surface area contributed by atoms with E-state index < -0.39 is 5.97 Å². The minimum Gasteiger partial charge on any atom is -0.496 e. The summed E-state index contributed by atoms with van der Waals surface area (Å²) in [5, 5.41) is 15.3. The molecule has 0 aromatic heterocycles. The molecule has 27 heavy (non-hydrogen) atoms. The van der Waals surface area contributed by atoms with E-state index in [1.165, 1.54) is 5.01 Å². The van der Waals surface area contributed by atoms with E-state index in [0.29, 0.717) is 22.9 Å². The average molecular weight is 387 g/mol. The topological polar surface area (TPSA) is 79.2 Å². The summed E-state index contributed by atoms with van der Waals surface area (Å²) in [6.07, 6.45) is 0.131. The molecular formula is C20H19ClN2O4. The first-order valence-electron chi connectivity index (χ1n) is 8.49. The molecule has 6 nitrogen and oxygen atoms in total. The van der Waals surface area contributed by atoms with Gasteiger partial charge in [-0.05, 0) is 29.8 Å². The quantitative estimate of drug-likeness (QED) is 0.816. The molecule has 0 saturated carbocycles. The van der Waals surface area contributed by atoms with Crippen LogP contribution in [0.25, 0.3) is 0 Å². The van der Waals surface area contributed by atoms with Crippen molar-refractivity contribution in [3.8, 4) is 5.75 Å². The Balaban J connectivity index is 1.96. The molecule has 0 spiro atoms. The summed E-state index contributed by atoms with van der Waals surface area (Å²) in [6, 6.07) is 14.4. The number of halogens is 1. The van der Waals surface area contributed by atoms with Crippen molar-refractivity contribution >= 4 is 29.2 Å². The number of carbonyl (C=O) groups excluding carboxylic acids is 1. The molecule has 1 atom stereocenters. The maximum Gasteiger partial charge on any atom is 0.303 e. The van der Waals surface area contributed by atoms with Crippen molar-refractivity contribution in [3.63, 3.8) is 0 Å². The number of carboxylic acid groups (broad SMARTS) is 1. The Morgan fingerprint density at radius 3 is 2.70 bits per heavy atom. The first-order chi connectivity index (χ1) is 13.0. The van der Waals surface area contributed by atoms with Gasteiger partial charge in [-0.2, -0.15) is 5.10 Å². The van der Waals surface area contributed by atoms with Gasteiger partial charge in [-0.15, -0.1) is 0 Å². The number of hydrazone groups is 1. The highest BCUT2D eigenvalue weighted by atomic mass is 35.5. The van der Waals surface area contributed by atoms with Gasteiger partial charge in [0.15, 0.2) is 0 Å². The molecule has 1 unspecified atom stereocenters. The average Bonchev–Trinajstić information content (AvgIpc) is 3.11. The molecule has 7 heteroatoms. The van der Waals surface area contributed by atoms with Gasteiger partial charge in [0.25, 0.3) is 0 Å². The van der Waals surface area contributed by atoms with Crippen LogP contribution in [0.4, 0.5) is 0 Å². The van der Waals surface area contributed by atoms with Crippen LogP contribution in [0.15, 0.2) is 53.6 Å². The highest BCUT2D eigenvalue weighted by Gasteiger charge is 2.34. The van der Waals surface area contributed by atoms with Crippen molar-refractivity contribution in [2.45, 2.75) is 25.3 Å². The fourth-order valence-corrected chi connectivity index (χ4v) is 3.29. The van der Waals surface area contributed by atoms with Gasteiger partial charge in [-0.3, -0.25) is 9.59 Å². The maximum absolute atomic E-state index is 12.6. The molecule has 2 aromatic rings. The zero-order chi connectivity index (χ0) is 19.4. The second-order valence-electron chi connectivity index (χ2n) is 6.15. The number of methoxy groups -OCH3 is 1. The molecule has 140 valence electrons. The van der Waals surface area contributed by atoms with Crippen LogP contribution >= 0.6 is 11.6 Å². The fraction of sp³-hybridized carbons (Fsp3) is 0.250. The summed E-state index contributed by atoms with van der Waals surface area (Å²) in [7, 11) is 1.58. The number of hydrogen-bond acceptors (Lipinski definition) is 4. The van der Waals surface area contributed by atoms with Gasteiger partial charge in [-0.1, -0.05) is 35.9 Å².